The van der Waals surface area contributed by atoms with Crippen molar-refractivity contribution in [3.05, 3.63) is 28.8 Å². The molecule has 21 heavy (non-hydrogen) atoms. The molecule has 114 valence electrons. The molecule has 0 saturated carbocycles. The number of amides is 2. The van der Waals surface area contributed by atoms with Crippen LogP contribution in [0.25, 0.3) is 0 Å². The van der Waals surface area contributed by atoms with Crippen molar-refractivity contribution < 1.29 is 19.8 Å². The number of anilines is 1. The summed E-state index contributed by atoms with van der Waals surface area (Å²) in [6.07, 6.45) is 0.920. The number of carboxylic acid groups (broad SMARTS) is 1. The minimum atomic E-state index is -1.07. The van der Waals surface area contributed by atoms with E-state index in [0.717, 1.165) is 12.0 Å². The van der Waals surface area contributed by atoms with Gasteiger partial charge in [0.2, 0.25) is 0 Å². The molecule has 0 aromatic heterocycles. The molecule has 0 radical (unpaired) electrons. The molecule has 1 saturated heterocycles. The lowest BCUT2D eigenvalue weighted by molar-refractivity contribution is 0.0697. The fraction of sp³-hybridized carbons (Fsp3) is 0.467. The van der Waals surface area contributed by atoms with E-state index in [1.165, 1.54) is 11.0 Å². The molecule has 0 spiro atoms. The highest BCUT2D eigenvalue weighted by Gasteiger charge is 2.24. The monoisotopic (exact) mass is 292 g/mol. The van der Waals surface area contributed by atoms with Crippen molar-refractivity contribution in [2.75, 3.05) is 18.4 Å². The van der Waals surface area contributed by atoms with Crippen LogP contribution in [0, 0.1) is 13.8 Å². The molecule has 1 aliphatic rings. The van der Waals surface area contributed by atoms with Crippen LogP contribution >= 0.6 is 0 Å². The fourth-order valence-electron chi connectivity index (χ4n) is 2.63. The third-order valence-electron chi connectivity index (χ3n) is 3.63. The van der Waals surface area contributed by atoms with Crippen molar-refractivity contribution in [2.45, 2.75) is 32.8 Å². The van der Waals surface area contributed by atoms with Crippen LogP contribution in [0.3, 0.4) is 0 Å². The molecule has 2 amide bonds. The number of benzene rings is 1. The average Bonchev–Trinajstić information content (AvgIpc) is 2.41. The largest absolute Gasteiger partial charge is 0.478 e. The Morgan fingerprint density at radius 1 is 1.33 bits per heavy atom. The van der Waals surface area contributed by atoms with Gasteiger partial charge in [0, 0.05) is 13.1 Å². The van der Waals surface area contributed by atoms with Gasteiger partial charge in [-0.25, -0.2) is 9.59 Å². The van der Waals surface area contributed by atoms with Gasteiger partial charge < -0.3 is 20.4 Å². The van der Waals surface area contributed by atoms with Gasteiger partial charge >= 0.3 is 12.0 Å². The summed E-state index contributed by atoms with van der Waals surface area (Å²) in [4.78, 5) is 25.1. The predicted molar refractivity (Wildman–Crippen MR) is 78.7 cm³/mol. The Kier molecular flexibility index (Phi) is 4.47. The van der Waals surface area contributed by atoms with Gasteiger partial charge in [0.1, 0.15) is 0 Å². The maximum Gasteiger partial charge on any atom is 0.337 e. The predicted octanol–water partition coefficient (Wildman–Crippen LogP) is 1.99. The Hall–Kier alpha value is -2.08. The van der Waals surface area contributed by atoms with Crippen LogP contribution in [0.4, 0.5) is 10.5 Å². The lowest BCUT2D eigenvalue weighted by Gasteiger charge is -2.30. The normalized spacial score (nSPS) is 18.4. The van der Waals surface area contributed by atoms with E-state index in [1.807, 2.05) is 13.0 Å². The quantitative estimate of drug-likeness (QED) is 0.777. The number of urea groups is 1. The van der Waals surface area contributed by atoms with Crippen LogP contribution in [0.2, 0.25) is 0 Å². The molecule has 6 nitrogen and oxygen atoms in total. The SMILES string of the molecule is Cc1cc(C)c(NC(=O)N2CCCC(O)C2)c(C(=O)O)c1. The lowest BCUT2D eigenvalue weighted by Crippen LogP contribution is -2.44. The Balaban J connectivity index is 2.22. The number of aryl methyl sites for hydroxylation is 2. The van der Waals surface area contributed by atoms with Crippen molar-refractivity contribution in [1.82, 2.24) is 4.90 Å². The molecule has 1 fully saturated rings. The van der Waals surface area contributed by atoms with Crippen molar-refractivity contribution in [3.8, 4) is 0 Å². The Bertz CT molecular complexity index is 571. The maximum absolute atomic E-state index is 12.2. The van der Waals surface area contributed by atoms with E-state index in [4.69, 9.17) is 0 Å². The minimum Gasteiger partial charge on any atom is -0.478 e. The highest BCUT2D eigenvalue weighted by Crippen LogP contribution is 2.24. The standard InChI is InChI=1S/C15H20N2O4/c1-9-6-10(2)13(12(7-9)14(19)20)16-15(21)17-5-3-4-11(18)8-17/h6-7,11,18H,3-5,8H2,1-2H3,(H,16,21)(H,19,20). The number of hydrogen-bond acceptors (Lipinski definition) is 3. The first-order valence-corrected chi connectivity index (χ1v) is 6.97. The number of nitrogens with one attached hydrogen (secondary N) is 1. The summed E-state index contributed by atoms with van der Waals surface area (Å²) in [5.41, 5.74) is 1.94. The first kappa shape index (κ1) is 15.3. The number of carbonyl (C=O) groups is 2. The number of nitrogens with zero attached hydrogens (tertiary/aromatic N) is 1. The third kappa shape index (κ3) is 3.52. The topological polar surface area (TPSA) is 89.9 Å². The second-order valence-electron chi connectivity index (χ2n) is 5.48. The number of aromatic carboxylic acids is 1. The van der Waals surface area contributed by atoms with Gasteiger partial charge in [-0.15, -0.1) is 0 Å². The van der Waals surface area contributed by atoms with Gasteiger partial charge in [-0.3, -0.25) is 0 Å². The molecule has 1 aliphatic heterocycles. The van der Waals surface area contributed by atoms with E-state index in [-0.39, 0.29) is 18.1 Å². The van der Waals surface area contributed by atoms with Crippen LogP contribution in [0.15, 0.2) is 12.1 Å². The second-order valence-corrected chi connectivity index (χ2v) is 5.48. The molecule has 2 rings (SSSR count). The first-order chi connectivity index (χ1) is 9.88. The molecule has 1 aromatic rings. The summed E-state index contributed by atoms with van der Waals surface area (Å²) < 4.78 is 0. The van der Waals surface area contributed by atoms with Gasteiger partial charge in [-0.1, -0.05) is 6.07 Å². The van der Waals surface area contributed by atoms with Crippen LogP contribution in [-0.4, -0.2) is 46.3 Å². The lowest BCUT2D eigenvalue weighted by atomic mass is 10.0. The van der Waals surface area contributed by atoms with Gasteiger partial charge in [0.15, 0.2) is 0 Å². The second kappa shape index (κ2) is 6.13. The summed E-state index contributed by atoms with van der Waals surface area (Å²) in [5, 5.41) is 21.6. The highest BCUT2D eigenvalue weighted by atomic mass is 16.4. The highest BCUT2D eigenvalue weighted by molar-refractivity contribution is 6.01. The number of aliphatic hydroxyl groups is 1. The molecular weight excluding hydrogens is 272 g/mol. The fourth-order valence-corrected chi connectivity index (χ4v) is 2.63. The number of piperidine rings is 1. The number of carboxylic acids is 1. The summed E-state index contributed by atoms with van der Waals surface area (Å²) in [7, 11) is 0. The van der Waals surface area contributed by atoms with Crippen molar-refractivity contribution in [1.29, 1.82) is 0 Å². The van der Waals surface area contributed by atoms with Crippen LogP contribution < -0.4 is 5.32 Å². The molecule has 1 atom stereocenters. The summed E-state index contributed by atoms with van der Waals surface area (Å²) in [5.74, 6) is -1.07. The van der Waals surface area contributed by atoms with Gasteiger partial charge in [-0.05, 0) is 43.9 Å². The van der Waals surface area contributed by atoms with Crippen molar-refractivity contribution in [3.63, 3.8) is 0 Å². The van der Waals surface area contributed by atoms with Crippen LogP contribution in [-0.2, 0) is 0 Å². The molecule has 3 N–H and O–H groups in total. The molecule has 1 heterocycles. The van der Waals surface area contributed by atoms with E-state index < -0.39 is 12.1 Å². The van der Waals surface area contributed by atoms with Crippen molar-refractivity contribution in [2.24, 2.45) is 0 Å². The van der Waals surface area contributed by atoms with E-state index in [0.29, 0.717) is 24.2 Å². The van der Waals surface area contributed by atoms with Crippen LogP contribution in [0.1, 0.15) is 34.3 Å². The molecule has 1 unspecified atom stereocenters. The zero-order valence-corrected chi connectivity index (χ0v) is 12.2. The average molecular weight is 292 g/mol. The minimum absolute atomic E-state index is 0.0819. The first-order valence-electron chi connectivity index (χ1n) is 6.97. The van der Waals surface area contributed by atoms with Crippen molar-refractivity contribution >= 4 is 17.7 Å². The smallest absolute Gasteiger partial charge is 0.337 e. The molecule has 6 heteroatoms. The number of β-amino-alcohol motifs (C(OH)–C–C–N with tert-alkyl or cyclic N) is 1. The van der Waals surface area contributed by atoms with E-state index >= 15 is 0 Å². The Labute approximate surface area is 123 Å². The summed E-state index contributed by atoms with van der Waals surface area (Å²) in [6.45, 7) is 4.42. The third-order valence-corrected chi connectivity index (χ3v) is 3.63. The van der Waals surface area contributed by atoms with E-state index in [9.17, 15) is 19.8 Å². The molecule has 0 aliphatic carbocycles. The van der Waals surface area contributed by atoms with E-state index in [2.05, 4.69) is 5.32 Å². The Morgan fingerprint density at radius 2 is 2.05 bits per heavy atom. The summed E-state index contributed by atoms with van der Waals surface area (Å²) >= 11 is 0. The molecular formula is C15H20N2O4. The zero-order chi connectivity index (χ0) is 15.6. The number of aliphatic hydroxyl groups excluding tert-OH is 1. The van der Waals surface area contributed by atoms with Gasteiger partial charge in [0.05, 0.1) is 17.4 Å². The number of likely N-dealkylation sites (tertiary alicyclic amines) is 1. The zero-order valence-electron chi connectivity index (χ0n) is 12.2. The van der Waals surface area contributed by atoms with E-state index in [1.54, 1.807) is 6.92 Å². The number of rotatable bonds is 2. The number of carbonyl (C=O) groups excluding carboxylic acids is 1. The maximum atomic E-state index is 12.2. The molecule has 1 aromatic carbocycles. The van der Waals surface area contributed by atoms with Gasteiger partial charge in [-0.2, -0.15) is 0 Å². The van der Waals surface area contributed by atoms with Gasteiger partial charge in [0.25, 0.3) is 0 Å². The molecule has 0 bridgehead atoms. The van der Waals surface area contributed by atoms with Crippen LogP contribution in [0.5, 0.6) is 0 Å². The number of hydrogen-bond donors (Lipinski definition) is 3. The Morgan fingerprint density at radius 3 is 2.67 bits per heavy atom. The summed E-state index contributed by atoms with van der Waals surface area (Å²) in [6, 6.07) is 2.99.